The quantitative estimate of drug-likeness (QED) is 0.672. The van der Waals surface area contributed by atoms with Crippen molar-refractivity contribution in [1.29, 1.82) is 0 Å². The van der Waals surface area contributed by atoms with E-state index in [1.54, 1.807) is 10.9 Å². The molecule has 0 aliphatic rings. The van der Waals surface area contributed by atoms with E-state index in [1.165, 1.54) is 11.1 Å². The van der Waals surface area contributed by atoms with Crippen LogP contribution in [0.2, 0.25) is 0 Å². The predicted molar refractivity (Wildman–Crippen MR) is 98.9 cm³/mol. The first kappa shape index (κ1) is 16.2. The van der Waals surface area contributed by atoms with Crippen molar-refractivity contribution in [3.8, 4) is 0 Å². The molecule has 0 spiro atoms. The zero-order chi connectivity index (χ0) is 17.1. The number of hydrogen-bond donors (Lipinski definition) is 2. The summed E-state index contributed by atoms with van der Waals surface area (Å²) in [6.07, 6.45) is 4.03. The molecule has 0 atom stereocenters. The third kappa shape index (κ3) is 3.32. The van der Waals surface area contributed by atoms with Crippen LogP contribution in [-0.2, 0) is 7.05 Å². The Bertz CT molecular complexity index is 852. The van der Waals surface area contributed by atoms with Gasteiger partial charge >= 0.3 is 0 Å². The van der Waals surface area contributed by atoms with Gasteiger partial charge < -0.3 is 10.6 Å². The molecule has 6 nitrogen and oxygen atoms in total. The molecule has 0 saturated carbocycles. The number of unbranched alkanes of at least 4 members (excludes halogenated alkanes) is 1. The van der Waals surface area contributed by atoms with E-state index in [9.17, 15) is 0 Å². The van der Waals surface area contributed by atoms with Crippen LogP contribution in [0.4, 0.5) is 17.5 Å². The summed E-state index contributed by atoms with van der Waals surface area (Å²) in [5, 5.41) is 12.0. The van der Waals surface area contributed by atoms with Crippen molar-refractivity contribution in [1.82, 2.24) is 19.7 Å². The van der Waals surface area contributed by atoms with Gasteiger partial charge in [-0.1, -0.05) is 31.0 Å². The van der Waals surface area contributed by atoms with Crippen molar-refractivity contribution in [2.45, 2.75) is 33.6 Å². The van der Waals surface area contributed by atoms with E-state index < -0.39 is 0 Å². The summed E-state index contributed by atoms with van der Waals surface area (Å²) in [6, 6.07) is 6.33. The van der Waals surface area contributed by atoms with Gasteiger partial charge in [0.15, 0.2) is 5.65 Å². The molecule has 6 heteroatoms. The maximum absolute atomic E-state index is 4.66. The Morgan fingerprint density at radius 1 is 1.17 bits per heavy atom. The van der Waals surface area contributed by atoms with E-state index in [0.717, 1.165) is 41.9 Å². The molecule has 0 unspecified atom stereocenters. The third-order valence-electron chi connectivity index (χ3n) is 4.04. The van der Waals surface area contributed by atoms with Crippen LogP contribution in [0.25, 0.3) is 11.0 Å². The predicted octanol–water partition coefficient (Wildman–Crippen LogP) is 3.94. The Hall–Kier alpha value is -2.63. The van der Waals surface area contributed by atoms with Gasteiger partial charge in [-0.2, -0.15) is 15.1 Å². The monoisotopic (exact) mass is 324 g/mol. The normalized spacial score (nSPS) is 11.0. The van der Waals surface area contributed by atoms with Crippen molar-refractivity contribution in [2.75, 3.05) is 17.2 Å². The molecule has 2 aromatic heterocycles. The minimum atomic E-state index is 0.631. The fraction of sp³-hybridized carbons (Fsp3) is 0.389. The first-order valence-corrected chi connectivity index (χ1v) is 8.36. The number of benzene rings is 1. The summed E-state index contributed by atoms with van der Waals surface area (Å²) in [5.41, 5.74) is 4.29. The van der Waals surface area contributed by atoms with E-state index in [2.05, 4.69) is 64.7 Å². The average Bonchev–Trinajstić information content (AvgIpc) is 2.92. The highest BCUT2D eigenvalue weighted by Gasteiger charge is 2.12. The minimum absolute atomic E-state index is 0.631. The van der Waals surface area contributed by atoms with Crippen LogP contribution in [0.15, 0.2) is 24.4 Å². The number of aromatic nitrogens is 4. The molecular weight excluding hydrogens is 300 g/mol. The molecule has 0 fully saturated rings. The molecule has 2 N–H and O–H groups in total. The molecule has 0 radical (unpaired) electrons. The second kappa shape index (κ2) is 6.86. The van der Waals surface area contributed by atoms with Crippen molar-refractivity contribution in [3.05, 3.63) is 35.5 Å². The van der Waals surface area contributed by atoms with Gasteiger partial charge in [0, 0.05) is 19.3 Å². The van der Waals surface area contributed by atoms with Crippen molar-refractivity contribution < 1.29 is 0 Å². The number of fused-ring (bicyclic) bond motifs is 1. The van der Waals surface area contributed by atoms with E-state index in [4.69, 9.17) is 0 Å². The van der Waals surface area contributed by atoms with Gasteiger partial charge in [0.25, 0.3) is 0 Å². The minimum Gasteiger partial charge on any atom is -0.354 e. The molecule has 0 saturated heterocycles. The Morgan fingerprint density at radius 3 is 2.75 bits per heavy atom. The molecular formula is C18H24N6. The van der Waals surface area contributed by atoms with Gasteiger partial charge in [-0.25, -0.2) is 0 Å². The zero-order valence-electron chi connectivity index (χ0n) is 14.7. The van der Waals surface area contributed by atoms with Crippen LogP contribution >= 0.6 is 0 Å². The van der Waals surface area contributed by atoms with Crippen LogP contribution in [0, 0.1) is 13.8 Å². The highest BCUT2D eigenvalue weighted by Crippen LogP contribution is 2.26. The summed E-state index contributed by atoms with van der Waals surface area (Å²) >= 11 is 0. The lowest BCUT2D eigenvalue weighted by Gasteiger charge is -2.12. The van der Waals surface area contributed by atoms with Crippen molar-refractivity contribution in [2.24, 2.45) is 7.05 Å². The number of hydrogen-bond acceptors (Lipinski definition) is 5. The third-order valence-corrected chi connectivity index (χ3v) is 4.04. The van der Waals surface area contributed by atoms with Gasteiger partial charge in [0.2, 0.25) is 5.95 Å². The van der Waals surface area contributed by atoms with Crippen LogP contribution < -0.4 is 10.6 Å². The smallest absolute Gasteiger partial charge is 0.226 e. The van der Waals surface area contributed by atoms with Crippen LogP contribution in [0.1, 0.15) is 30.9 Å². The van der Waals surface area contributed by atoms with Gasteiger partial charge in [-0.05, 0) is 31.9 Å². The summed E-state index contributed by atoms with van der Waals surface area (Å²) in [5.74, 6) is 1.41. The van der Waals surface area contributed by atoms with Gasteiger partial charge in [0.1, 0.15) is 5.82 Å². The second-order valence-electron chi connectivity index (χ2n) is 6.12. The highest BCUT2D eigenvalue weighted by molar-refractivity contribution is 5.89. The number of aryl methyl sites for hydroxylation is 3. The molecule has 0 amide bonds. The molecule has 0 aliphatic heterocycles. The van der Waals surface area contributed by atoms with E-state index in [-0.39, 0.29) is 0 Å². The summed E-state index contributed by atoms with van der Waals surface area (Å²) in [7, 11) is 1.89. The first-order chi connectivity index (χ1) is 11.6. The molecule has 0 bridgehead atoms. The Labute approximate surface area is 142 Å². The Morgan fingerprint density at radius 2 is 2.00 bits per heavy atom. The Balaban J connectivity index is 1.98. The number of rotatable bonds is 6. The lowest BCUT2D eigenvalue weighted by molar-refractivity contribution is 0.783. The highest BCUT2D eigenvalue weighted by atomic mass is 15.3. The van der Waals surface area contributed by atoms with Gasteiger partial charge in [-0.3, -0.25) is 4.68 Å². The van der Waals surface area contributed by atoms with Crippen molar-refractivity contribution >= 4 is 28.5 Å². The summed E-state index contributed by atoms with van der Waals surface area (Å²) < 4.78 is 1.77. The fourth-order valence-electron chi connectivity index (χ4n) is 2.65. The zero-order valence-corrected chi connectivity index (χ0v) is 14.7. The topological polar surface area (TPSA) is 67.7 Å². The number of nitrogens with one attached hydrogen (secondary N) is 2. The van der Waals surface area contributed by atoms with Crippen LogP contribution in [0.5, 0.6) is 0 Å². The summed E-state index contributed by atoms with van der Waals surface area (Å²) in [6.45, 7) is 7.22. The van der Waals surface area contributed by atoms with Crippen LogP contribution in [-0.4, -0.2) is 26.3 Å². The fourth-order valence-corrected chi connectivity index (χ4v) is 2.65. The first-order valence-electron chi connectivity index (χ1n) is 8.36. The Kier molecular flexibility index (Phi) is 4.64. The molecule has 3 rings (SSSR count). The molecule has 3 aromatic rings. The largest absolute Gasteiger partial charge is 0.354 e. The van der Waals surface area contributed by atoms with Gasteiger partial charge in [0.05, 0.1) is 11.6 Å². The number of anilines is 3. The van der Waals surface area contributed by atoms with E-state index in [1.807, 2.05) is 7.05 Å². The lowest BCUT2D eigenvalue weighted by Crippen LogP contribution is -2.08. The van der Waals surface area contributed by atoms with Crippen LogP contribution in [0.3, 0.4) is 0 Å². The molecule has 2 heterocycles. The van der Waals surface area contributed by atoms with E-state index >= 15 is 0 Å². The lowest BCUT2D eigenvalue weighted by atomic mass is 10.1. The maximum atomic E-state index is 4.66. The second-order valence-corrected chi connectivity index (χ2v) is 6.12. The number of nitrogens with zero attached hydrogens (tertiary/aromatic N) is 4. The average molecular weight is 324 g/mol. The standard InChI is InChI=1S/C18H24N6/c1-5-6-9-19-18-22-16(14-11-20-24(4)17(14)23-18)21-15-8-7-12(2)10-13(15)3/h7-8,10-11H,5-6,9H2,1-4H3,(H2,19,21,22,23). The van der Waals surface area contributed by atoms with Gasteiger partial charge in [-0.15, -0.1) is 0 Å². The maximum Gasteiger partial charge on any atom is 0.226 e. The molecule has 126 valence electrons. The molecule has 0 aliphatic carbocycles. The van der Waals surface area contributed by atoms with E-state index in [0.29, 0.717) is 5.95 Å². The molecule has 24 heavy (non-hydrogen) atoms. The van der Waals surface area contributed by atoms with Crippen molar-refractivity contribution in [3.63, 3.8) is 0 Å². The SMILES string of the molecule is CCCCNc1nc(Nc2ccc(C)cc2C)c2cnn(C)c2n1. The summed E-state index contributed by atoms with van der Waals surface area (Å²) in [4.78, 5) is 9.24. The molecule has 1 aromatic carbocycles.